The van der Waals surface area contributed by atoms with Crippen molar-refractivity contribution >= 4 is 11.9 Å². The third kappa shape index (κ3) is 1.93. The average Bonchev–Trinajstić information content (AvgIpc) is 2.26. The fourth-order valence-electron chi connectivity index (χ4n) is 0.975. The maximum Gasteiger partial charge on any atom is 0.291 e. The highest BCUT2D eigenvalue weighted by molar-refractivity contribution is 5.97. The summed E-state index contributed by atoms with van der Waals surface area (Å²) in [6.07, 6.45) is 2.33. The van der Waals surface area contributed by atoms with Crippen LogP contribution in [-0.4, -0.2) is 18.0 Å². The van der Waals surface area contributed by atoms with Gasteiger partial charge in [-0.25, -0.2) is 0 Å². The van der Waals surface area contributed by atoms with Gasteiger partial charge in [-0.2, -0.15) is 4.99 Å². The number of amides is 1. The monoisotopic (exact) mass is 156 g/mol. The molecule has 1 aliphatic heterocycles. The Hall–Kier alpha value is -1.06. The van der Waals surface area contributed by atoms with E-state index in [1.54, 1.807) is 0 Å². The Morgan fingerprint density at radius 1 is 1.73 bits per heavy atom. The first-order valence-corrected chi connectivity index (χ1v) is 3.78. The van der Waals surface area contributed by atoms with Crippen LogP contribution < -0.4 is 5.73 Å². The van der Waals surface area contributed by atoms with Gasteiger partial charge >= 0.3 is 0 Å². The Bertz CT molecular complexity index is 189. The first-order valence-electron chi connectivity index (χ1n) is 3.78. The zero-order valence-corrected chi connectivity index (χ0v) is 6.54. The fraction of sp³-hybridized carbons (Fsp3) is 0.714. The first-order chi connectivity index (χ1) is 5.24. The van der Waals surface area contributed by atoms with Gasteiger partial charge in [0.05, 0.1) is 0 Å². The van der Waals surface area contributed by atoms with E-state index in [4.69, 9.17) is 10.5 Å². The molecule has 0 radical (unpaired) electrons. The molecule has 1 aliphatic rings. The van der Waals surface area contributed by atoms with Gasteiger partial charge < -0.3 is 10.5 Å². The van der Waals surface area contributed by atoms with Crippen LogP contribution in [0.5, 0.6) is 0 Å². The van der Waals surface area contributed by atoms with Gasteiger partial charge in [-0.1, -0.05) is 13.3 Å². The highest BCUT2D eigenvalue weighted by Crippen LogP contribution is 2.11. The summed E-state index contributed by atoms with van der Waals surface area (Å²) in [6.45, 7) is 2.06. The normalized spacial score (nSPS) is 23.2. The summed E-state index contributed by atoms with van der Waals surface area (Å²) in [5, 5.41) is 0. The van der Waals surface area contributed by atoms with Crippen LogP contribution in [0.15, 0.2) is 4.99 Å². The Kier molecular flexibility index (Phi) is 2.46. The molecule has 0 fully saturated rings. The summed E-state index contributed by atoms with van der Waals surface area (Å²) in [5.41, 5.74) is 5.19. The summed E-state index contributed by atoms with van der Waals surface area (Å²) in [5.74, 6) is -0.240. The summed E-state index contributed by atoms with van der Waals surface area (Å²) >= 11 is 0. The third-order valence-corrected chi connectivity index (χ3v) is 1.58. The van der Waals surface area contributed by atoms with E-state index in [0.717, 1.165) is 19.3 Å². The lowest BCUT2D eigenvalue weighted by molar-refractivity contribution is -0.122. The molecule has 0 aromatic carbocycles. The zero-order chi connectivity index (χ0) is 8.27. The molecule has 0 aliphatic carbocycles. The van der Waals surface area contributed by atoms with Crippen LogP contribution in [0.1, 0.15) is 26.2 Å². The van der Waals surface area contributed by atoms with Crippen molar-refractivity contribution < 1.29 is 9.53 Å². The first kappa shape index (κ1) is 8.04. The van der Waals surface area contributed by atoms with Crippen LogP contribution in [0.4, 0.5) is 0 Å². The van der Waals surface area contributed by atoms with Gasteiger partial charge in [0.25, 0.3) is 11.9 Å². The summed E-state index contributed by atoms with van der Waals surface area (Å²) in [4.78, 5) is 14.4. The number of hydrogen-bond donors (Lipinski definition) is 1. The van der Waals surface area contributed by atoms with Gasteiger partial charge in [0, 0.05) is 0 Å². The third-order valence-electron chi connectivity index (χ3n) is 1.58. The SMILES string of the molecule is CCCC[C@H]1OC(N)=NC1=O. The smallest absolute Gasteiger partial charge is 0.291 e. The van der Waals surface area contributed by atoms with Gasteiger partial charge in [-0.3, -0.25) is 4.79 Å². The molecule has 62 valence electrons. The quantitative estimate of drug-likeness (QED) is 0.643. The van der Waals surface area contributed by atoms with Crippen LogP contribution in [0.2, 0.25) is 0 Å². The van der Waals surface area contributed by atoms with E-state index in [1.807, 2.05) is 0 Å². The van der Waals surface area contributed by atoms with Crippen molar-refractivity contribution in [2.75, 3.05) is 0 Å². The molecule has 0 saturated heterocycles. The maximum atomic E-state index is 10.9. The van der Waals surface area contributed by atoms with E-state index in [-0.39, 0.29) is 11.9 Å². The minimum absolute atomic E-state index is 0.0103. The molecule has 0 bridgehead atoms. The number of nitrogens with two attached hydrogens (primary N) is 1. The Balaban J connectivity index is 2.34. The predicted molar refractivity (Wildman–Crippen MR) is 41.0 cm³/mol. The minimum Gasteiger partial charge on any atom is -0.452 e. The van der Waals surface area contributed by atoms with E-state index in [1.165, 1.54) is 0 Å². The van der Waals surface area contributed by atoms with Crippen molar-refractivity contribution in [1.29, 1.82) is 0 Å². The Labute approximate surface area is 65.4 Å². The highest BCUT2D eigenvalue weighted by atomic mass is 16.5. The molecule has 0 spiro atoms. The largest absolute Gasteiger partial charge is 0.452 e. The molecule has 1 amide bonds. The van der Waals surface area contributed by atoms with Crippen molar-refractivity contribution in [3.63, 3.8) is 0 Å². The molecule has 0 saturated carbocycles. The van der Waals surface area contributed by atoms with Crippen LogP contribution >= 0.6 is 0 Å². The summed E-state index contributed by atoms with van der Waals surface area (Å²) < 4.78 is 4.95. The molecule has 1 heterocycles. The van der Waals surface area contributed by atoms with Gasteiger partial charge in [-0.05, 0) is 12.8 Å². The number of hydrogen-bond acceptors (Lipinski definition) is 3. The number of nitrogens with zero attached hydrogens (tertiary/aromatic N) is 1. The number of unbranched alkanes of at least 4 members (excludes halogenated alkanes) is 1. The number of rotatable bonds is 3. The summed E-state index contributed by atoms with van der Waals surface area (Å²) in [6, 6.07) is 0.0103. The number of carbonyl (C=O) groups excluding carboxylic acids is 1. The topological polar surface area (TPSA) is 64.7 Å². The lowest BCUT2D eigenvalue weighted by atomic mass is 10.1. The molecule has 1 rings (SSSR count). The molecule has 1 atom stereocenters. The molecule has 0 aromatic rings. The maximum absolute atomic E-state index is 10.9. The van der Waals surface area contributed by atoms with E-state index in [9.17, 15) is 4.79 Å². The predicted octanol–water partition coefficient (Wildman–Crippen LogP) is 0.417. The second kappa shape index (κ2) is 3.37. The molecule has 2 N–H and O–H groups in total. The average molecular weight is 156 g/mol. The second-order valence-corrected chi connectivity index (χ2v) is 2.54. The number of ether oxygens (including phenoxy) is 1. The lowest BCUT2D eigenvalue weighted by Gasteiger charge is -2.05. The fourth-order valence-corrected chi connectivity index (χ4v) is 0.975. The van der Waals surface area contributed by atoms with E-state index >= 15 is 0 Å². The minimum atomic E-state index is -0.407. The van der Waals surface area contributed by atoms with Gasteiger partial charge in [-0.15, -0.1) is 0 Å². The molecular formula is C7H12N2O2. The molecule has 0 unspecified atom stereocenters. The summed E-state index contributed by atoms with van der Waals surface area (Å²) in [7, 11) is 0. The zero-order valence-electron chi connectivity index (χ0n) is 6.54. The van der Waals surface area contributed by atoms with Crippen molar-refractivity contribution in [2.24, 2.45) is 10.7 Å². The van der Waals surface area contributed by atoms with E-state index in [2.05, 4.69) is 11.9 Å². The highest BCUT2D eigenvalue weighted by Gasteiger charge is 2.26. The van der Waals surface area contributed by atoms with Crippen molar-refractivity contribution in [3.05, 3.63) is 0 Å². The van der Waals surface area contributed by atoms with Crippen LogP contribution in [0, 0.1) is 0 Å². The number of aliphatic imine (C=N–C) groups is 1. The molecule has 0 aromatic heterocycles. The number of amidine groups is 1. The molecular weight excluding hydrogens is 144 g/mol. The Morgan fingerprint density at radius 3 is 2.91 bits per heavy atom. The molecule has 4 heteroatoms. The van der Waals surface area contributed by atoms with E-state index in [0.29, 0.717) is 0 Å². The van der Waals surface area contributed by atoms with Crippen LogP contribution in [-0.2, 0) is 9.53 Å². The molecule has 11 heavy (non-hydrogen) atoms. The van der Waals surface area contributed by atoms with E-state index < -0.39 is 6.10 Å². The van der Waals surface area contributed by atoms with Gasteiger partial charge in [0.15, 0.2) is 6.10 Å². The second-order valence-electron chi connectivity index (χ2n) is 2.54. The van der Waals surface area contributed by atoms with Gasteiger partial charge in [0.2, 0.25) is 0 Å². The van der Waals surface area contributed by atoms with Crippen LogP contribution in [0.3, 0.4) is 0 Å². The van der Waals surface area contributed by atoms with Crippen molar-refractivity contribution in [3.8, 4) is 0 Å². The van der Waals surface area contributed by atoms with Gasteiger partial charge in [0.1, 0.15) is 0 Å². The van der Waals surface area contributed by atoms with Crippen molar-refractivity contribution in [1.82, 2.24) is 0 Å². The van der Waals surface area contributed by atoms with Crippen molar-refractivity contribution in [2.45, 2.75) is 32.3 Å². The Morgan fingerprint density at radius 2 is 2.45 bits per heavy atom. The lowest BCUT2D eigenvalue weighted by Crippen LogP contribution is -2.20. The van der Waals surface area contributed by atoms with Crippen LogP contribution in [0.25, 0.3) is 0 Å². The molecule has 4 nitrogen and oxygen atoms in total. The number of carbonyl (C=O) groups is 1. The standard InChI is InChI=1S/C7H12N2O2/c1-2-3-4-5-6(10)9-7(8)11-5/h5H,2-4H2,1H3,(H2,8,9,10)/t5-/m1/s1.